The maximum absolute atomic E-state index is 12.7. The number of anilines is 1. The van der Waals surface area contributed by atoms with Crippen LogP contribution in [-0.4, -0.2) is 25.7 Å². The third-order valence-corrected chi connectivity index (χ3v) is 4.51. The van der Waals surface area contributed by atoms with Gasteiger partial charge in [-0.2, -0.15) is 5.10 Å². The van der Waals surface area contributed by atoms with Crippen molar-refractivity contribution in [3.05, 3.63) is 41.7 Å². The molecule has 6 heteroatoms. The lowest BCUT2D eigenvalue weighted by Crippen LogP contribution is -2.17. The molecule has 0 bridgehead atoms. The van der Waals surface area contributed by atoms with Crippen molar-refractivity contribution in [3.8, 4) is 0 Å². The zero-order chi connectivity index (χ0) is 16.7. The average Bonchev–Trinajstić information content (AvgIpc) is 3.12. The molecule has 24 heavy (non-hydrogen) atoms. The molecule has 1 aromatic carbocycles. The molecule has 1 fully saturated rings. The molecule has 2 heterocycles. The van der Waals surface area contributed by atoms with Gasteiger partial charge in [0, 0.05) is 6.54 Å². The Balaban J connectivity index is 1.68. The molecular formula is C18H21N5O. The Labute approximate surface area is 140 Å². The van der Waals surface area contributed by atoms with Crippen LogP contribution in [0.2, 0.25) is 0 Å². The van der Waals surface area contributed by atoms with E-state index in [9.17, 15) is 4.79 Å². The van der Waals surface area contributed by atoms with Crippen LogP contribution in [0.15, 0.2) is 30.5 Å². The van der Waals surface area contributed by atoms with Crippen LogP contribution in [-0.2, 0) is 6.54 Å². The predicted octanol–water partition coefficient (Wildman–Crippen LogP) is 3.55. The minimum Gasteiger partial charge on any atom is -0.310 e. The first-order valence-corrected chi connectivity index (χ1v) is 8.43. The standard InChI is InChI=1S/C18H21N5O/c1-11(2)16-13(9-19-22-16)17(24)21-18-20-14-5-3-4-6-15(14)23(18)10-12-7-8-12/h3-6,9,11-12H,7-8,10H2,1-2H3,(H,19,22)(H,20,21,24). The molecule has 6 nitrogen and oxygen atoms in total. The second kappa shape index (κ2) is 5.78. The molecule has 4 rings (SSSR count). The van der Waals surface area contributed by atoms with Crippen LogP contribution in [0.1, 0.15) is 48.7 Å². The zero-order valence-corrected chi connectivity index (χ0v) is 13.9. The van der Waals surface area contributed by atoms with Crippen molar-refractivity contribution in [2.75, 3.05) is 5.32 Å². The summed E-state index contributed by atoms with van der Waals surface area (Å²) in [6, 6.07) is 8.00. The highest BCUT2D eigenvalue weighted by Crippen LogP contribution is 2.33. The van der Waals surface area contributed by atoms with Crippen LogP contribution in [0.4, 0.5) is 5.95 Å². The molecule has 0 radical (unpaired) electrons. The van der Waals surface area contributed by atoms with E-state index in [0.29, 0.717) is 17.4 Å². The normalized spacial score (nSPS) is 14.5. The number of aromatic nitrogens is 4. The van der Waals surface area contributed by atoms with E-state index in [4.69, 9.17) is 0 Å². The first kappa shape index (κ1) is 14.9. The van der Waals surface area contributed by atoms with Crippen LogP contribution < -0.4 is 5.32 Å². The molecule has 0 aliphatic heterocycles. The highest BCUT2D eigenvalue weighted by atomic mass is 16.1. The van der Waals surface area contributed by atoms with E-state index in [0.717, 1.165) is 23.3 Å². The molecule has 1 aliphatic carbocycles. The van der Waals surface area contributed by atoms with Crippen molar-refractivity contribution in [2.45, 2.75) is 39.2 Å². The fourth-order valence-corrected chi connectivity index (χ4v) is 3.00. The van der Waals surface area contributed by atoms with Gasteiger partial charge >= 0.3 is 0 Å². The summed E-state index contributed by atoms with van der Waals surface area (Å²) < 4.78 is 2.13. The number of H-pyrrole nitrogens is 1. The fraction of sp³-hybridized carbons (Fsp3) is 0.389. The largest absolute Gasteiger partial charge is 0.310 e. The zero-order valence-electron chi connectivity index (χ0n) is 13.9. The molecule has 1 aliphatic rings. The molecule has 1 saturated carbocycles. The second-order valence-electron chi connectivity index (χ2n) is 6.78. The van der Waals surface area contributed by atoms with Gasteiger partial charge in [0.1, 0.15) is 0 Å². The van der Waals surface area contributed by atoms with Crippen molar-refractivity contribution in [1.29, 1.82) is 0 Å². The third kappa shape index (κ3) is 2.68. The van der Waals surface area contributed by atoms with Gasteiger partial charge in [-0.05, 0) is 36.8 Å². The Hall–Kier alpha value is -2.63. The first-order valence-electron chi connectivity index (χ1n) is 8.43. The van der Waals surface area contributed by atoms with Crippen molar-refractivity contribution in [1.82, 2.24) is 19.7 Å². The minimum absolute atomic E-state index is 0.167. The molecule has 3 aromatic rings. The second-order valence-corrected chi connectivity index (χ2v) is 6.78. The van der Waals surface area contributed by atoms with Crippen molar-refractivity contribution < 1.29 is 4.79 Å². The molecule has 0 spiro atoms. The molecule has 0 atom stereocenters. The van der Waals surface area contributed by atoms with Crippen LogP contribution in [0.25, 0.3) is 11.0 Å². The van der Waals surface area contributed by atoms with Crippen LogP contribution in [0, 0.1) is 5.92 Å². The first-order chi connectivity index (χ1) is 11.6. The number of fused-ring (bicyclic) bond motifs is 1. The number of imidazole rings is 1. The Morgan fingerprint density at radius 1 is 1.38 bits per heavy atom. The number of hydrogen-bond acceptors (Lipinski definition) is 3. The lowest BCUT2D eigenvalue weighted by molar-refractivity contribution is 0.102. The molecule has 124 valence electrons. The Bertz CT molecular complexity index is 888. The summed E-state index contributed by atoms with van der Waals surface area (Å²) in [7, 11) is 0. The van der Waals surface area contributed by atoms with Crippen LogP contribution in [0.5, 0.6) is 0 Å². The molecule has 1 amide bonds. The number of para-hydroxylation sites is 2. The highest BCUT2D eigenvalue weighted by Gasteiger charge is 2.25. The third-order valence-electron chi connectivity index (χ3n) is 4.51. The van der Waals surface area contributed by atoms with E-state index >= 15 is 0 Å². The summed E-state index contributed by atoms with van der Waals surface area (Å²) in [6.07, 6.45) is 4.08. The monoisotopic (exact) mass is 323 g/mol. The van der Waals surface area contributed by atoms with E-state index in [2.05, 4.69) is 31.1 Å². The Morgan fingerprint density at radius 2 is 2.17 bits per heavy atom. The van der Waals surface area contributed by atoms with Gasteiger partial charge < -0.3 is 4.57 Å². The topological polar surface area (TPSA) is 75.6 Å². The molecule has 2 N–H and O–H groups in total. The van der Waals surface area contributed by atoms with E-state index in [-0.39, 0.29) is 11.8 Å². The number of carbonyl (C=O) groups is 1. The van der Waals surface area contributed by atoms with E-state index in [1.807, 2.05) is 32.0 Å². The summed E-state index contributed by atoms with van der Waals surface area (Å²) in [6.45, 7) is 4.97. The van der Waals surface area contributed by atoms with Gasteiger partial charge in [-0.3, -0.25) is 15.2 Å². The number of amides is 1. The number of rotatable bonds is 5. The number of benzene rings is 1. The maximum atomic E-state index is 12.7. The quantitative estimate of drug-likeness (QED) is 0.754. The lowest BCUT2D eigenvalue weighted by atomic mass is 10.1. The fourth-order valence-electron chi connectivity index (χ4n) is 3.00. The SMILES string of the molecule is CC(C)c1[nH]ncc1C(=O)Nc1nc2ccccc2n1CC1CC1. The Kier molecular flexibility index (Phi) is 3.59. The van der Waals surface area contributed by atoms with Gasteiger partial charge in [0.25, 0.3) is 5.91 Å². The van der Waals surface area contributed by atoms with Gasteiger partial charge in [-0.15, -0.1) is 0 Å². The number of hydrogen-bond donors (Lipinski definition) is 2. The van der Waals surface area contributed by atoms with Crippen molar-refractivity contribution in [3.63, 3.8) is 0 Å². The van der Waals surface area contributed by atoms with E-state index in [1.165, 1.54) is 12.8 Å². The Morgan fingerprint density at radius 3 is 2.92 bits per heavy atom. The molecule has 2 aromatic heterocycles. The van der Waals surface area contributed by atoms with Gasteiger partial charge in [0.2, 0.25) is 5.95 Å². The number of nitrogens with zero attached hydrogens (tertiary/aromatic N) is 3. The summed E-state index contributed by atoms with van der Waals surface area (Å²) >= 11 is 0. The number of aromatic amines is 1. The summed E-state index contributed by atoms with van der Waals surface area (Å²) in [5, 5.41) is 9.92. The predicted molar refractivity (Wildman–Crippen MR) is 93.1 cm³/mol. The van der Waals surface area contributed by atoms with Gasteiger partial charge in [-0.1, -0.05) is 26.0 Å². The van der Waals surface area contributed by atoms with Gasteiger partial charge in [0.05, 0.1) is 28.5 Å². The van der Waals surface area contributed by atoms with Crippen molar-refractivity contribution >= 4 is 22.9 Å². The molecule has 0 unspecified atom stereocenters. The maximum Gasteiger partial charge on any atom is 0.261 e. The molecule has 0 saturated heterocycles. The summed E-state index contributed by atoms with van der Waals surface area (Å²) in [5.74, 6) is 1.35. The number of carbonyl (C=O) groups excluding carboxylic acids is 1. The number of nitrogens with one attached hydrogen (secondary N) is 2. The van der Waals surface area contributed by atoms with Gasteiger partial charge in [0.15, 0.2) is 0 Å². The smallest absolute Gasteiger partial charge is 0.261 e. The van der Waals surface area contributed by atoms with Gasteiger partial charge in [-0.25, -0.2) is 4.98 Å². The van der Waals surface area contributed by atoms with Crippen LogP contribution >= 0.6 is 0 Å². The average molecular weight is 323 g/mol. The highest BCUT2D eigenvalue weighted by molar-refractivity contribution is 6.04. The van der Waals surface area contributed by atoms with Crippen LogP contribution in [0.3, 0.4) is 0 Å². The molecular weight excluding hydrogens is 302 g/mol. The van der Waals surface area contributed by atoms with E-state index < -0.39 is 0 Å². The summed E-state index contributed by atoms with van der Waals surface area (Å²) in [5.41, 5.74) is 3.40. The lowest BCUT2D eigenvalue weighted by Gasteiger charge is -2.10. The van der Waals surface area contributed by atoms with E-state index in [1.54, 1.807) is 6.20 Å². The minimum atomic E-state index is -0.167. The summed E-state index contributed by atoms with van der Waals surface area (Å²) in [4.78, 5) is 17.3. The van der Waals surface area contributed by atoms with Crippen molar-refractivity contribution in [2.24, 2.45) is 5.92 Å².